The van der Waals surface area contributed by atoms with Crippen LogP contribution in [0.5, 0.6) is 5.88 Å². The van der Waals surface area contributed by atoms with Gasteiger partial charge in [-0.1, -0.05) is 35.3 Å². The molecule has 0 aliphatic heterocycles. The first kappa shape index (κ1) is 12.1. The highest BCUT2D eigenvalue weighted by Crippen LogP contribution is 2.34. The number of aromatic nitrogens is 1. The molecule has 0 unspecified atom stereocenters. The van der Waals surface area contributed by atoms with Gasteiger partial charge in [0.1, 0.15) is 0 Å². The number of benzene rings is 1. The van der Waals surface area contributed by atoms with E-state index >= 15 is 0 Å². The molecule has 0 aliphatic rings. The number of halogens is 3. The summed E-state index contributed by atoms with van der Waals surface area (Å²) in [4.78, 5) is 3.56. The van der Waals surface area contributed by atoms with Gasteiger partial charge in [-0.2, -0.15) is 9.37 Å². The van der Waals surface area contributed by atoms with Crippen LogP contribution in [-0.2, 0) is 0 Å². The fourth-order valence-electron chi connectivity index (χ4n) is 1.46. The van der Waals surface area contributed by atoms with E-state index in [9.17, 15) is 4.39 Å². The molecule has 0 spiro atoms. The number of nitrogens with zero attached hydrogens (tertiary/aromatic N) is 1. The lowest BCUT2D eigenvalue weighted by molar-refractivity contribution is 0.388. The summed E-state index contributed by atoms with van der Waals surface area (Å²) >= 11 is 12.0. The minimum Gasteiger partial charge on any atom is -0.481 e. The zero-order valence-electron chi connectivity index (χ0n) is 8.88. The lowest BCUT2D eigenvalue weighted by Crippen LogP contribution is -1.92. The number of rotatable bonds is 2. The quantitative estimate of drug-likeness (QED) is 0.764. The van der Waals surface area contributed by atoms with E-state index in [1.165, 1.54) is 13.2 Å². The lowest BCUT2D eigenvalue weighted by atomic mass is 10.1. The van der Waals surface area contributed by atoms with E-state index in [1.54, 1.807) is 24.3 Å². The summed E-state index contributed by atoms with van der Waals surface area (Å²) in [5.41, 5.74) is 1.21. The third kappa shape index (κ3) is 2.51. The maximum absolute atomic E-state index is 13.3. The molecule has 1 aromatic carbocycles. The standard InChI is InChI=1S/C12H8Cl2FNO/c1-17-11-6-7(5-10(15)16-11)8-3-2-4-9(13)12(8)14/h2-6H,1H3. The van der Waals surface area contributed by atoms with E-state index in [4.69, 9.17) is 27.9 Å². The molecule has 1 heterocycles. The number of methoxy groups -OCH3 is 1. The fraction of sp³-hybridized carbons (Fsp3) is 0.0833. The molecule has 0 atom stereocenters. The van der Waals surface area contributed by atoms with Crippen LogP contribution < -0.4 is 4.74 Å². The molecule has 0 aliphatic carbocycles. The van der Waals surface area contributed by atoms with Crippen molar-refractivity contribution in [2.75, 3.05) is 7.11 Å². The van der Waals surface area contributed by atoms with Crippen LogP contribution >= 0.6 is 23.2 Å². The molecule has 0 N–H and O–H groups in total. The Morgan fingerprint density at radius 1 is 1.24 bits per heavy atom. The third-order valence-corrected chi connectivity index (χ3v) is 3.06. The van der Waals surface area contributed by atoms with Crippen LogP contribution in [0, 0.1) is 5.95 Å². The first-order valence-corrected chi connectivity index (χ1v) is 5.53. The van der Waals surface area contributed by atoms with Crippen molar-refractivity contribution in [3.05, 3.63) is 46.3 Å². The Labute approximate surface area is 108 Å². The predicted molar refractivity (Wildman–Crippen MR) is 66.2 cm³/mol. The molecule has 1 aromatic heterocycles. The molecule has 2 nitrogen and oxygen atoms in total. The van der Waals surface area contributed by atoms with Gasteiger partial charge in [0.15, 0.2) is 0 Å². The van der Waals surface area contributed by atoms with E-state index in [1.807, 2.05) is 0 Å². The molecule has 2 aromatic rings. The van der Waals surface area contributed by atoms with Gasteiger partial charge in [0, 0.05) is 17.7 Å². The second-order valence-corrected chi connectivity index (χ2v) is 4.11. The summed E-state index contributed by atoms with van der Waals surface area (Å²) in [6.07, 6.45) is 0. The molecular weight excluding hydrogens is 264 g/mol. The summed E-state index contributed by atoms with van der Waals surface area (Å²) in [6.45, 7) is 0. The third-order valence-electron chi connectivity index (χ3n) is 2.24. The zero-order valence-corrected chi connectivity index (χ0v) is 10.4. The molecule has 0 fully saturated rings. The SMILES string of the molecule is COc1cc(-c2cccc(Cl)c2Cl)cc(F)n1. The summed E-state index contributed by atoms with van der Waals surface area (Å²) in [6, 6.07) is 8.04. The molecule has 5 heteroatoms. The van der Waals surface area contributed by atoms with E-state index in [-0.39, 0.29) is 5.88 Å². The van der Waals surface area contributed by atoms with Gasteiger partial charge in [-0.25, -0.2) is 0 Å². The molecule has 17 heavy (non-hydrogen) atoms. The number of hydrogen-bond acceptors (Lipinski definition) is 2. The van der Waals surface area contributed by atoms with Crippen LogP contribution in [0.25, 0.3) is 11.1 Å². The van der Waals surface area contributed by atoms with E-state index in [0.29, 0.717) is 21.2 Å². The van der Waals surface area contributed by atoms with E-state index < -0.39 is 5.95 Å². The van der Waals surface area contributed by atoms with Gasteiger partial charge in [-0.3, -0.25) is 0 Å². The predicted octanol–water partition coefficient (Wildman–Crippen LogP) is 4.20. The molecule has 0 saturated heterocycles. The van der Waals surface area contributed by atoms with Crippen LogP contribution in [0.1, 0.15) is 0 Å². The topological polar surface area (TPSA) is 22.1 Å². The minimum atomic E-state index is -0.629. The van der Waals surface area contributed by atoms with Crippen molar-refractivity contribution >= 4 is 23.2 Å². The van der Waals surface area contributed by atoms with Crippen LogP contribution in [0.3, 0.4) is 0 Å². The van der Waals surface area contributed by atoms with Gasteiger partial charge in [-0.15, -0.1) is 0 Å². The maximum atomic E-state index is 13.3. The second-order valence-electron chi connectivity index (χ2n) is 3.32. The van der Waals surface area contributed by atoms with Crippen LogP contribution in [-0.4, -0.2) is 12.1 Å². The molecule has 2 rings (SSSR count). The highest BCUT2D eigenvalue weighted by atomic mass is 35.5. The number of ether oxygens (including phenoxy) is 1. The van der Waals surface area contributed by atoms with Gasteiger partial charge in [-0.05, 0) is 11.6 Å². The Morgan fingerprint density at radius 2 is 2.00 bits per heavy atom. The van der Waals surface area contributed by atoms with Gasteiger partial charge in [0.2, 0.25) is 11.8 Å². The van der Waals surface area contributed by atoms with Crippen molar-refractivity contribution in [3.63, 3.8) is 0 Å². The van der Waals surface area contributed by atoms with Crippen molar-refractivity contribution in [2.24, 2.45) is 0 Å². The van der Waals surface area contributed by atoms with Crippen molar-refractivity contribution in [3.8, 4) is 17.0 Å². The first-order chi connectivity index (χ1) is 8.11. The van der Waals surface area contributed by atoms with Crippen molar-refractivity contribution in [2.45, 2.75) is 0 Å². The Morgan fingerprint density at radius 3 is 2.71 bits per heavy atom. The maximum Gasteiger partial charge on any atom is 0.216 e. The number of hydrogen-bond donors (Lipinski definition) is 0. The van der Waals surface area contributed by atoms with E-state index in [0.717, 1.165) is 0 Å². The summed E-state index contributed by atoms with van der Waals surface area (Å²) in [7, 11) is 1.42. The van der Waals surface area contributed by atoms with Gasteiger partial charge in [0.25, 0.3) is 0 Å². The Balaban J connectivity index is 2.60. The molecule has 0 amide bonds. The lowest BCUT2D eigenvalue weighted by Gasteiger charge is -2.07. The molecule has 0 radical (unpaired) electrons. The van der Waals surface area contributed by atoms with E-state index in [2.05, 4.69) is 4.98 Å². The van der Waals surface area contributed by atoms with Crippen LogP contribution in [0.15, 0.2) is 30.3 Å². The largest absolute Gasteiger partial charge is 0.481 e. The van der Waals surface area contributed by atoms with Gasteiger partial charge in [0.05, 0.1) is 17.2 Å². The zero-order chi connectivity index (χ0) is 12.4. The summed E-state index contributed by atoms with van der Waals surface area (Å²) < 4.78 is 18.2. The monoisotopic (exact) mass is 271 g/mol. The minimum absolute atomic E-state index is 0.191. The first-order valence-electron chi connectivity index (χ1n) is 4.78. The normalized spacial score (nSPS) is 10.4. The molecule has 88 valence electrons. The summed E-state index contributed by atoms with van der Waals surface area (Å²) in [5, 5.41) is 0.794. The van der Waals surface area contributed by atoms with Gasteiger partial charge < -0.3 is 4.74 Å². The van der Waals surface area contributed by atoms with Crippen molar-refractivity contribution in [1.82, 2.24) is 4.98 Å². The average molecular weight is 272 g/mol. The second kappa shape index (κ2) is 4.90. The molecular formula is C12H8Cl2FNO. The Kier molecular flexibility index (Phi) is 3.50. The molecule has 0 saturated carbocycles. The van der Waals surface area contributed by atoms with Gasteiger partial charge >= 0.3 is 0 Å². The van der Waals surface area contributed by atoms with Crippen molar-refractivity contribution < 1.29 is 9.13 Å². The number of pyridine rings is 1. The van der Waals surface area contributed by atoms with Crippen LogP contribution in [0.4, 0.5) is 4.39 Å². The highest BCUT2D eigenvalue weighted by molar-refractivity contribution is 6.43. The van der Waals surface area contributed by atoms with Crippen molar-refractivity contribution in [1.29, 1.82) is 0 Å². The Hall–Kier alpha value is -1.32. The smallest absolute Gasteiger partial charge is 0.216 e. The molecule has 0 bridgehead atoms. The van der Waals surface area contributed by atoms with Crippen LogP contribution in [0.2, 0.25) is 10.0 Å². The fourth-order valence-corrected chi connectivity index (χ4v) is 1.87. The summed E-state index contributed by atoms with van der Waals surface area (Å²) in [5.74, 6) is -0.438. The highest BCUT2D eigenvalue weighted by Gasteiger charge is 2.10. The average Bonchev–Trinajstić information content (AvgIpc) is 2.31. The Bertz CT molecular complexity index is 560.